The lowest BCUT2D eigenvalue weighted by Crippen LogP contribution is -2.14. The van der Waals surface area contributed by atoms with Crippen LogP contribution in [0.1, 0.15) is 38.2 Å². The van der Waals surface area contributed by atoms with Gasteiger partial charge in [-0.15, -0.1) is 0 Å². The number of pyridine rings is 1. The molecule has 0 unspecified atom stereocenters. The van der Waals surface area contributed by atoms with Crippen LogP contribution in [0.25, 0.3) is 0 Å². The summed E-state index contributed by atoms with van der Waals surface area (Å²) in [6, 6.07) is 4.08. The molecule has 1 aromatic heterocycles. The summed E-state index contributed by atoms with van der Waals surface area (Å²) in [5.41, 5.74) is 1.27. The summed E-state index contributed by atoms with van der Waals surface area (Å²) in [7, 11) is 0. The van der Waals surface area contributed by atoms with Crippen molar-refractivity contribution < 1.29 is 0 Å². The zero-order valence-electron chi connectivity index (χ0n) is 9.00. The van der Waals surface area contributed by atoms with E-state index < -0.39 is 0 Å². The predicted octanol–water partition coefficient (Wildman–Crippen LogP) is 2.75. The maximum Gasteiger partial charge on any atom is 0.0312 e. The average Bonchev–Trinajstić information content (AvgIpc) is 2.25. The van der Waals surface area contributed by atoms with Crippen molar-refractivity contribution in [3.8, 4) is 0 Å². The summed E-state index contributed by atoms with van der Waals surface area (Å²) in [6.45, 7) is 4.30. The van der Waals surface area contributed by atoms with E-state index in [0.29, 0.717) is 0 Å². The summed E-state index contributed by atoms with van der Waals surface area (Å²) < 4.78 is 0. The molecule has 0 aliphatic heterocycles. The summed E-state index contributed by atoms with van der Waals surface area (Å²) in [5, 5.41) is 3.42. The summed E-state index contributed by atoms with van der Waals surface area (Å²) in [6.07, 6.45) is 9.02. The van der Waals surface area contributed by atoms with Crippen LogP contribution < -0.4 is 5.32 Å². The minimum Gasteiger partial charge on any atom is -0.313 e. The Morgan fingerprint density at radius 3 is 2.93 bits per heavy atom. The first-order valence-electron chi connectivity index (χ1n) is 5.53. The SMILES string of the molecule is CCCCCCNCc1cccnc1. The second-order valence-corrected chi connectivity index (χ2v) is 3.60. The molecule has 0 saturated carbocycles. The van der Waals surface area contributed by atoms with Gasteiger partial charge in [-0.1, -0.05) is 32.3 Å². The fourth-order valence-electron chi connectivity index (χ4n) is 1.41. The smallest absolute Gasteiger partial charge is 0.0312 e. The van der Waals surface area contributed by atoms with Gasteiger partial charge in [-0.25, -0.2) is 0 Å². The molecule has 2 nitrogen and oxygen atoms in total. The Kier molecular flexibility index (Phi) is 6.00. The number of aromatic nitrogens is 1. The molecule has 0 radical (unpaired) electrons. The van der Waals surface area contributed by atoms with E-state index in [4.69, 9.17) is 0 Å². The number of unbranched alkanes of at least 4 members (excludes halogenated alkanes) is 3. The molecule has 1 heterocycles. The molecule has 0 aliphatic carbocycles. The highest BCUT2D eigenvalue weighted by molar-refractivity contribution is 5.07. The number of nitrogens with one attached hydrogen (secondary N) is 1. The van der Waals surface area contributed by atoms with Crippen LogP contribution in [0, 0.1) is 0 Å². The monoisotopic (exact) mass is 192 g/mol. The number of rotatable bonds is 7. The van der Waals surface area contributed by atoms with E-state index in [0.717, 1.165) is 13.1 Å². The Labute approximate surface area is 86.8 Å². The first kappa shape index (κ1) is 11.2. The van der Waals surface area contributed by atoms with Crippen molar-refractivity contribution in [3.05, 3.63) is 30.1 Å². The lowest BCUT2D eigenvalue weighted by atomic mass is 10.2. The third-order valence-corrected chi connectivity index (χ3v) is 2.26. The molecular weight excluding hydrogens is 172 g/mol. The van der Waals surface area contributed by atoms with Gasteiger partial charge in [0.1, 0.15) is 0 Å². The molecule has 0 bridgehead atoms. The van der Waals surface area contributed by atoms with Gasteiger partial charge in [-0.05, 0) is 24.6 Å². The van der Waals surface area contributed by atoms with Crippen LogP contribution in [0.4, 0.5) is 0 Å². The van der Waals surface area contributed by atoms with Gasteiger partial charge in [0.25, 0.3) is 0 Å². The third kappa shape index (κ3) is 4.97. The summed E-state index contributed by atoms with van der Waals surface area (Å²) >= 11 is 0. The van der Waals surface area contributed by atoms with Gasteiger partial charge in [-0.2, -0.15) is 0 Å². The Balaban J connectivity index is 1.99. The van der Waals surface area contributed by atoms with E-state index in [-0.39, 0.29) is 0 Å². The molecule has 78 valence electrons. The van der Waals surface area contributed by atoms with Crippen molar-refractivity contribution in [2.45, 2.75) is 39.2 Å². The van der Waals surface area contributed by atoms with E-state index in [1.54, 1.807) is 0 Å². The van der Waals surface area contributed by atoms with Crippen molar-refractivity contribution >= 4 is 0 Å². The molecule has 0 amide bonds. The highest BCUT2D eigenvalue weighted by Crippen LogP contribution is 1.98. The van der Waals surface area contributed by atoms with E-state index in [9.17, 15) is 0 Å². The molecule has 0 aromatic carbocycles. The van der Waals surface area contributed by atoms with Crippen LogP contribution >= 0.6 is 0 Å². The second-order valence-electron chi connectivity index (χ2n) is 3.60. The predicted molar refractivity (Wildman–Crippen MR) is 60.1 cm³/mol. The Bertz CT molecular complexity index is 221. The molecule has 1 N–H and O–H groups in total. The molecule has 0 saturated heterocycles. The lowest BCUT2D eigenvalue weighted by Gasteiger charge is -2.03. The summed E-state index contributed by atoms with van der Waals surface area (Å²) in [4.78, 5) is 4.07. The van der Waals surface area contributed by atoms with E-state index in [1.807, 2.05) is 18.5 Å². The van der Waals surface area contributed by atoms with Crippen LogP contribution in [0.5, 0.6) is 0 Å². The molecule has 2 heteroatoms. The Hall–Kier alpha value is -0.890. The van der Waals surface area contributed by atoms with Crippen molar-refractivity contribution in [3.63, 3.8) is 0 Å². The van der Waals surface area contributed by atoms with Gasteiger partial charge >= 0.3 is 0 Å². The van der Waals surface area contributed by atoms with Crippen LogP contribution in [0.3, 0.4) is 0 Å². The minimum absolute atomic E-state index is 0.944. The van der Waals surface area contributed by atoms with E-state index >= 15 is 0 Å². The van der Waals surface area contributed by atoms with Gasteiger partial charge in [0.2, 0.25) is 0 Å². The fraction of sp³-hybridized carbons (Fsp3) is 0.583. The first-order valence-corrected chi connectivity index (χ1v) is 5.53. The quantitative estimate of drug-likeness (QED) is 0.672. The largest absolute Gasteiger partial charge is 0.313 e. The number of hydrogen-bond donors (Lipinski definition) is 1. The molecule has 0 atom stereocenters. The topological polar surface area (TPSA) is 24.9 Å². The van der Waals surface area contributed by atoms with Gasteiger partial charge in [0, 0.05) is 18.9 Å². The van der Waals surface area contributed by atoms with Gasteiger partial charge in [0.05, 0.1) is 0 Å². The van der Waals surface area contributed by atoms with E-state index in [1.165, 1.54) is 31.2 Å². The third-order valence-electron chi connectivity index (χ3n) is 2.26. The van der Waals surface area contributed by atoms with E-state index in [2.05, 4.69) is 23.3 Å². The van der Waals surface area contributed by atoms with Gasteiger partial charge in [-0.3, -0.25) is 4.98 Å². The van der Waals surface area contributed by atoms with Crippen LogP contribution in [-0.2, 0) is 6.54 Å². The lowest BCUT2D eigenvalue weighted by molar-refractivity contribution is 0.597. The van der Waals surface area contributed by atoms with Crippen molar-refractivity contribution in [2.75, 3.05) is 6.54 Å². The summed E-state index contributed by atoms with van der Waals surface area (Å²) in [5.74, 6) is 0. The highest BCUT2D eigenvalue weighted by Gasteiger charge is 1.91. The molecule has 0 aliphatic rings. The van der Waals surface area contributed by atoms with Gasteiger partial charge < -0.3 is 5.32 Å². The maximum atomic E-state index is 4.07. The standard InChI is InChI=1S/C12H20N2/c1-2-3-4-5-8-13-10-12-7-6-9-14-11-12/h6-7,9,11,13H,2-5,8,10H2,1H3. The zero-order chi connectivity index (χ0) is 10.1. The Morgan fingerprint density at radius 1 is 1.29 bits per heavy atom. The molecule has 1 rings (SSSR count). The number of hydrogen-bond acceptors (Lipinski definition) is 2. The van der Waals surface area contributed by atoms with Gasteiger partial charge in [0.15, 0.2) is 0 Å². The fourth-order valence-corrected chi connectivity index (χ4v) is 1.41. The molecule has 0 spiro atoms. The first-order chi connectivity index (χ1) is 6.93. The molecule has 0 fully saturated rings. The molecular formula is C12H20N2. The molecule has 1 aromatic rings. The normalized spacial score (nSPS) is 10.4. The van der Waals surface area contributed by atoms with Crippen molar-refractivity contribution in [2.24, 2.45) is 0 Å². The van der Waals surface area contributed by atoms with Crippen LogP contribution in [0.2, 0.25) is 0 Å². The Morgan fingerprint density at radius 2 is 2.21 bits per heavy atom. The van der Waals surface area contributed by atoms with Crippen LogP contribution in [-0.4, -0.2) is 11.5 Å². The van der Waals surface area contributed by atoms with Crippen LogP contribution in [0.15, 0.2) is 24.5 Å². The zero-order valence-corrected chi connectivity index (χ0v) is 9.00. The second kappa shape index (κ2) is 7.51. The minimum atomic E-state index is 0.944. The maximum absolute atomic E-state index is 4.07. The average molecular weight is 192 g/mol. The van der Waals surface area contributed by atoms with Crippen molar-refractivity contribution in [1.29, 1.82) is 0 Å². The number of nitrogens with zero attached hydrogens (tertiary/aromatic N) is 1. The molecule has 14 heavy (non-hydrogen) atoms. The van der Waals surface area contributed by atoms with Crippen molar-refractivity contribution in [1.82, 2.24) is 10.3 Å². The highest BCUT2D eigenvalue weighted by atomic mass is 14.8.